The maximum Gasteiger partial charge on any atom is 0.295 e. The number of ketones is 1. The first-order chi connectivity index (χ1) is 16.1. The third-order valence-electron chi connectivity index (χ3n) is 5.77. The predicted octanol–water partition coefficient (Wildman–Crippen LogP) is 5.06. The number of hydrogen-bond acceptors (Lipinski definition) is 5. The third kappa shape index (κ3) is 5.80. The molecule has 2 aromatic rings. The van der Waals surface area contributed by atoms with E-state index in [2.05, 4.69) is 13.8 Å². The number of aliphatic hydroxyl groups excluding tert-OH is 1. The summed E-state index contributed by atoms with van der Waals surface area (Å²) in [7, 11) is 3.92. The van der Waals surface area contributed by atoms with Crippen LogP contribution in [0.25, 0.3) is 5.76 Å². The maximum atomic E-state index is 13.2. The van der Waals surface area contributed by atoms with Crippen molar-refractivity contribution in [3.05, 3.63) is 69.8 Å². The van der Waals surface area contributed by atoms with Crippen LogP contribution < -0.4 is 4.74 Å². The Morgan fingerprint density at radius 3 is 2.41 bits per heavy atom. The highest BCUT2D eigenvalue weighted by Crippen LogP contribution is 2.40. The molecule has 1 atom stereocenters. The molecule has 2 aromatic carbocycles. The van der Waals surface area contributed by atoms with Gasteiger partial charge >= 0.3 is 0 Å². The molecule has 1 saturated heterocycles. The van der Waals surface area contributed by atoms with Gasteiger partial charge in [0, 0.05) is 17.1 Å². The molecule has 1 heterocycles. The van der Waals surface area contributed by atoms with Crippen molar-refractivity contribution in [2.75, 3.05) is 33.8 Å². The van der Waals surface area contributed by atoms with Crippen LogP contribution in [0.1, 0.15) is 43.0 Å². The van der Waals surface area contributed by atoms with Gasteiger partial charge in [-0.25, -0.2) is 0 Å². The van der Waals surface area contributed by atoms with Crippen molar-refractivity contribution in [2.45, 2.75) is 33.2 Å². The van der Waals surface area contributed by atoms with E-state index in [-0.39, 0.29) is 11.3 Å². The second-order valence-electron chi connectivity index (χ2n) is 9.38. The van der Waals surface area contributed by atoms with Gasteiger partial charge < -0.3 is 19.6 Å². The largest absolute Gasteiger partial charge is 0.507 e. The molecule has 1 aliphatic rings. The van der Waals surface area contributed by atoms with E-state index in [1.165, 1.54) is 0 Å². The van der Waals surface area contributed by atoms with E-state index in [0.29, 0.717) is 41.8 Å². The van der Waals surface area contributed by atoms with Crippen LogP contribution in [0.5, 0.6) is 5.75 Å². The number of aryl methyl sites for hydroxylation is 1. The first-order valence-electron chi connectivity index (χ1n) is 11.5. The number of ether oxygens (including phenoxy) is 1. The Morgan fingerprint density at radius 1 is 1.15 bits per heavy atom. The average Bonchev–Trinajstić information content (AvgIpc) is 3.02. The lowest BCUT2D eigenvalue weighted by Gasteiger charge is -2.26. The molecule has 1 amide bonds. The predicted molar refractivity (Wildman–Crippen MR) is 135 cm³/mol. The molecule has 0 aromatic heterocycles. The monoisotopic (exact) mass is 484 g/mol. The molecule has 0 aliphatic carbocycles. The number of amides is 1. The number of Topliss-reactive ketones (excluding diaryl/α,β-unsaturated/α-hetero) is 1. The highest BCUT2D eigenvalue weighted by atomic mass is 35.5. The van der Waals surface area contributed by atoms with E-state index in [9.17, 15) is 14.7 Å². The first kappa shape index (κ1) is 25.8. The van der Waals surface area contributed by atoms with Gasteiger partial charge in [0.15, 0.2) is 0 Å². The Kier molecular flexibility index (Phi) is 8.39. The van der Waals surface area contributed by atoms with Crippen LogP contribution in [-0.2, 0) is 9.59 Å². The lowest BCUT2D eigenvalue weighted by Crippen LogP contribution is -2.32. The summed E-state index contributed by atoms with van der Waals surface area (Å²) in [5.74, 6) is -0.379. The van der Waals surface area contributed by atoms with E-state index in [0.717, 1.165) is 17.7 Å². The third-order valence-corrected chi connectivity index (χ3v) is 6.02. The molecule has 0 spiro atoms. The Hall–Kier alpha value is -2.83. The molecule has 3 rings (SSSR count). The SMILES string of the molecule is Cc1cc(OCC(C)C)ccc1/C(O)=C1\C(=O)C(=O)N(CCCN(C)C)[C@H]1c1ccc(Cl)cc1. The van der Waals surface area contributed by atoms with Crippen LogP contribution in [-0.4, -0.2) is 60.4 Å². The lowest BCUT2D eigenvalue weighted by atomic mass is 9.94. The molecule has 0 bridgehead atoms. The number of likely N-dealkylation sites (tertiary alicyclic amines) is 1. The smallest absolute Gasteiger partial charge is 0.295 e. The summed E-state index contributed by atoms with van der Waals surface area (Å²) in [6.45, 7) is 7.74. The maximum absolute atomic E-state index is 13.2. The molecule has 0 radical (unpaired) electrons. The normalized spacial score (nSPS) is 17.8. The molecule has 34 heavy (non-hydrogen) atoms. The van der Waals surface area contributed by atoms with Crippen molar-refractivity contribution in [3.63, 3.8) is 0 Å². The summed E-state index contributed by atoms with van der Waals surface area (Å²) < 4.78 is 5.79. The number of carbonyl (C=O) groups is 2. The molecule has 1 fully saturated rings. The van der Waals surface area contributed by atoms with E-state index >= 15 is 0 Å². The molecule has 182 valence electrons. The molecular formula is C27H33ClN2O4. The van der Waals surface area contributed by atoms with Crippen molar-refractivity contribution in [3.8, 4) is 5.75 Å². The minimum atomic E-state index is -0.685. The van der Waals surface area contributed by atoms with Gasteiger partial charge in [0.05, 0.1) is 18.2 Å². The molecule has 0 saturated carbocycles. The van der Waals surface area contributed by atoms with Gasteiger partial charge in [0.1, 0.15) is 11.5 Å². The second kappa shape index (κ2) is 11.1. The fraction of sp³-hybridized carbons (Fsp3) is 0.407. The van der Waals surface area contributed by atoms with Gasteiger partial charge in [-0.1, -0.05) is 37.6 Å². The molecular weight excluding hydrogens is 452 g/mol. The van der Waals surface area contributed by atoms with Crippen molar-refractivity contribution in [1.29, 1.82) is 0 Å². The number of carbonyl (C=O) groups excluding carboxylic acids is 2. The zero-order valence-electron chi connectivity index (χ0n) is 20.5. The van der Waals surface area contributed by atoms with Crippen LogP contribution in [0.3, 0.4) is 0 Å². The Bertz CT molecular complexity index is 1080. The highest BCUT2D eigenvalue weighted by Gasteiger charge is 2.45. The number of hydrogen-bond donors (Lipinski definition) is 1. The summed E-state index contributed by atoms with van der Waals surface area (Å²) in [4.78, 5) is 29.8. The van der Waals surface area contributed by atoms with Gasteiger partial charge in [-0.3, -0.25) is 9.59 Å². The number of rotatable bonds is 9. The number of nitrogens with zero attached hydrogens (tertiary/aromatic N) is 2. The highest BCUT2D eigenvalue weighted by molar-refractivity contribution is 6.46. The first-order valence-corrected chi connectivity index (χ1v) is 11.9. The molecule has 1 N–H and O–H groups in total. The van der Waals surface area contributed by atoms with Gasteiger partial charge in [-0.05, 0) is 81.4 Å². The number of aliphatic hydroxyl groups is 1. The zero-order chi connectivity index (χ0) is 25.0. The zero-order valence-corrected chi connectivity index (χ0v) is 21.2. The standard InChI is InChI=1S/C27H33ClN2O4/c1-17(2)16-34-21-11-12-22(18(3)15-21)25(31)23-24(19-7-9-20(28)10-8-19)30(27(33)26(23)32)14-6-13-29(4)5/h7-12,15,17,24,31H,6,13-14,16H2,1-5H3/b25-23+/t24-/m0/s1. The topological polar surface area (TPSA) is 70.1 Å². The lowest BCUT2D eigenvalue weighted by molar-refractivity contribution is -0.139. The molecule has 7 heteroatoms. The van der Waals surface area contributed by atoms with Crippen molar-refractivity contribution in [1.82, 2.24) is 9.80 Å². The quantitative estimate of drug-likeness (QED) is 0.306. The molecule has 0 unspecified atom stereocenters. The second-order valence-corrected chi connectivity index (χ2v) is 9.82. The van der Waals surface area contributed by atoms with Gasteiger partial charge in [-0.2, -0.15) is 0 Å². The van der Waals surface area contributed by atoms with Crippen molar-refractivity contribution in [2.24, 2.45) is 5.92 Å². The van der Waals surface area contributed by atoms with Gasteiger partial charge in [-0.15, -0.1) is 0 Å². The minimum Gasteiger partial charge on any atom is -0.507 e. The molecule has 6 nitrogen and oxygen atoms in total. The van der Waals surface area contributed by atoms with Gasteiger partial charge in [0.2, 0.25) is 0 Å². The summed E-state index contributed by atoms with van der Waals surface area (Å²) in [6.07, 6.45) is 0.699. The van der Waals surface area contributed by atoms with E-state index < -0.39 is 17.7 Å². The van der Waals surface area contributed by atoms with Crippen LogP contribution in [0.2, 0.25) is 5.02 Å². The van der Waals surface area contributed by atoms with Gasteiger partial charge in [0.25, 0.3) is 11.7 Å². The summed E-state index contributed by atoms with van der Waals surface area (Å²) in [5.41, 5.74) is 2.08. The summed E-state index contributed by atoms with van der Waals surface area (Å²) >= 11 is 6.08. The summed E-state index contributed by atoms with van der Waals surface area (Å²) in [5, 5.41) is 11.9. The fourth-order valence-electron chi connectivity index (χ4n) is 4.06. The minimum absolute atomic E-state index is 0.0936. The Morgan fingerprint density at radius 2 is 1.82 bits per heavy atom. The van der Waals surface area contributed by atoms with E-state index in [1.54, 1.807) is 41.3 Å². The van der Waals surface area contributed by atoms with Crippen LogP contribution >= 0.6 is 11.6 Å². The number of benzene rings is 2. The van der Waals surface area contributed by atoms with E-state index in [1.807, 2.05) is 32.0 Å². The van der Waals surface area contributed by atoms with E-state index in [4.69, 9.17) is 16.3 Å². The molecule has 1 aliphatic heterocycles. The Labute approximate surface area is 206 Å². The summed E-state index contributed by atoms with van der Waals surface area (Å²) in [6, 6.07) is 11.7. The fourth-order valence-corrected chi connectivity index (χ4v) is 4.19. The van der Waals surface area contributed by atoms with Crippen molar-refractivity contribution >= 4 is 29.1 Å². The Balaban J connectivity index is 2.04. The van der Waals surface area contributed by atoms with Crippen molar-refractivity contribution < 1.29 is 19.4 Å². The van der Waals surface area contributed by atoms with Crippen LogP contribution in [0.4, 0.5) is 0 Å². The number of halogens is 1. The van der Waals surface area contributed by atoms with Crippen LogP contribution in [0, 0.1) is 12.8 Å². The average molecular weight is 485 g/mol. The van der Waals surface area contributed by atoms with Crippen LogP contribution in [0.15, 0.2) is 48.0 Å².